The number of methoxy groups -OCH3 is 1. The number of allylic oxidation sites excluding steroid dienone is 1. The summed E-state index contributed by atoms with van der Waals surface area (Å²) < 4.78 is 9.93. The molecule has 1 N–H and O–H groups in total. The molecule has 21 heavy (non-hydrogen) atoms. The van der Waals surface area contributed by atoms with Gasteiger partial charge in [0.2, 0.25) is 0 Å². The zero-order chi connectivity index (χ0) is 15.1. The zero-order valence-corrected chi connectivity index (χ0v) is 12.0. The SMILES string of the molecule is COC(=O)[C@@H]1CC=CC[C@@H]1NC(=O)OCc1ccccc1. The predicted octanol–water partition coefficient (Wildman–Crippen LogP) is 2.42. The molecule has 112 valence electrons. The van der Waals surface area contributed by atoms with Crippen molar-refractivity contribution >= 4 is 12.1 Å². The van der Waals surface area contributed by atoms with E-state index in [1.54, 1.807) is 0 Å². The molecule has 0 saturated heterocycles. The normalized spacial score (nSPS) is 20.6. The highest BCUT2D eigenvalue weighted by Gasteiger charge is 2.31. The molecule has 0 saturated carbocycles. The smallest absolute Gasteiger partial charge is 0.407 e. The lowest BCUT2D eigenvalue weighted by Crippen LogP contribution is -2.44. The summed E-state index contributed by atoms with van der Waals surface area (Å²) in [5.41, 5.74) is 0.917. The Labute approximate surface area is 123 Å². The van der Waals surface area contributed by atoms with Crippen molar-refractivity contribution in [1.29, 1.82) is 0 Å². The third kappa shape index (κ3) is 4.34. The summed E-state index contributed by atoms with van der Waals surface area (Å²) in [5, 5.41) is 2.74. The Kier molecular flexibility index (Phi) is 5.37. The van der Waals surface area contributed by atoms with Crippen molar-refractivity contribution < 1.29 is 19.1 Å². The molecule has 0 aliphatic heterocycles. The summed E-state index contributed by atoms with van der Waals surface area (Å²) in [6, 6.07) is 9.15. The fourth-order valence-corrected chi connectivity index (χ4v) is 2.30. The molecule has 5 nitrogen and oxygen atoms in total. The van der Waals surface area contributed by atoms with E-state index in [1.165, 1.54) is 7.11 Å². The lowest BCUT2D eigenvalue weighted by atomic mass is 9.89. The molecule has 1 aliphatic rings. The standard InChI is InChI=1S/C16H19NO4/c1-20-15(18)13-9-5-6-10-14(13)17-16(19)21-11-12-7-3-2-4-8-12/h2-8,13-14H,9-11H2,1H3,(H,17,19)/t13-,14+/m1/s1. The first-order valence-electron chi connectivity index (χ1n) is 6.90. The van der Waals surface area contributed by atoms with Crippen molar-refractivity contribution in [3.63, 3.8) is 0 Å². The molecule has 0 fully saturated rings. The highest BCUT2D eigenvalue weighted by molar-refractivity contribution is 5.75. The summed E-state index contributed by atoms with van der Waals surface area (Å²) in [5.74, 6) is -0.669. The largest absolute Gasteiger partial charge is 0.469 e. The first-order valence-corrected chi connectivity index (χ1v) is 6.90. The molecule has 1 aliphatic carbocycles. The third-order valence-corrected chi connectivity index (χ3v) is 3.45. The van der Waals surface area contributed by atoms with Crippen LogP contribution >= 0.6 is 0 Å². The predicted molar refractivity (Wildman–Crippen MR) is 77.4 cm³/mol. The van der Waals surface area contributed by atoms with Gasteiger partial charge in [-0.05, 0) is 18.4 Å². The van der Waals surface area contributed by atoms with Gasteiger partial charge >= 0.3 is 12.1 Å². The van der Waals surface area contributed by atoms with Gasteiger partial charge in [0, 0.05) is 6.04 Å². The van der Waals surface area contributed by atoms with E-state index in [9.17, 15) is 9.59 Å². The Morgan fingerprint density at radius 1 is 1.19 bits per heavy atom. The van der Waals surface area contributed by atoms with Gasteiger partial charge < -0.3 is 14.8 Å². The number of ether oxygens (including phenoxy) is 2. The van der Waals surface area contributed by atoms with Crippen LogP contribution in [0.3, 0.4) is 0 Å². The van der Waals surface area contributed by atoms with Crippen LogP contribution in [0.2, 0.25) is 0 Å². The number of rotatable bonds is 4. The molecule has 5 heteroatoms. The molecule has 0 heterocycles. The number of hydrogen-bond acceptors (Lipinski definition) is 4. The number of amides is 1. The van der Waals surface area contributed by atoms with E-state index >= 15 is 0 Å². The molecule has 0 spiro atoms. The van der Waals surface area contributed by atoms with Crippen LogP contribution in [0.15, 0.2) is 42.5 Å². The number of nitrogens with one attached hydrogen (secondary N) is 1. The van der Waals surface area contributed by atoms with Crippen LogP contribution in [0.4, 0.5) is 4.79 Å². The molecule has 0 radical (unpaired) electrons. The fraction of sp³-hybridized carbons (Fsp3) is 0.375. The molecular weight excluding hydrogens is 270 g/mol. The number of esters is 1. The molecule has 2 atom stereocenters. The molecule has 0 aromatic heterocycles. The van der Waals surface area contributed by atoms with Crippen molar-refractivity contribution in [1.82, 2.24) is 5.32 Å². The maximum atomic E-state index is 11.8. The van der Waals surface area contributed by atoms with E-state index in [-0.39, 0.29) is 24.5 Å². The molecule has 1 amide bonds. The van der Waals surface area contributed by atoms with Crippen molar-refractivity contribution in [2.45, 2.75) is 25.5 Å². The number of hydrogen-bond donors (Lipinski definition) is 1. The summed E-state index contributed by atoms with van der Waals surface area (Å²) in [4.78, 5) is 23.5. The number of alkyl carbamates (subject to hydrolysis) is 1. The maximum absolute atomic E-state index is 11.8. The first-order chi connectivity index (χ1) is 10.2. The lowest BCUT2D eigenvalue weighted by Gasteiger charge is -2.26. The van der Waals surface area contributed by atoms with E-state index in [1.807, 2.05) is 42.5 Å². The number of carbonyl (C=O) groups excluding carboxylic acids is 2. The van der Waals surface area contributed by atoms with E-state index in [0.717, 1.165) is 5.56 Å². The Morgan fingerprint density at radius 3 is 2.62 bits per heavy atom. The Morgan fingerprint density at radius 2 is 1.90 bits per heavy atom. The highest BCUT2D eigenvalue weighted by Crippen LogP contribution is 2.20. The lowest BCUT2D eigenvalue weighted by molar-refractivity contribution is -0.146. The Balaban J connectivity index is 1.86. The van der Waals surface area contributed by atoms with Crippen molar-refractivity contribution in [3.8, 4) is 0 Å². The van der Waals surface area contributed by atoms with E-state index in [2.05, 4.69) is 5.32 Å². The minimum absolute atomic E-state index is 0.206. The summed E-state index contributed by atoms with van der Waals surface area (Å²) in [7, 11) is 1.35. The summed E-state index contributed by atoms with van der Waals surface area (Å²) >= 11 is 0. The van der Waals surface area contributed by atoms with Gasteiger partial charge in [-0.1, -0.05) is 42.5 Å². The first kappa shape index (κ1) is 15.1. The molecule has 2 rings (SSSR count). The van der Waals surface area contributed by atoms with Crippen LogP contribution in [0.25, 0.3) is 0 Å². The molecule has 1 aromatic rings. The number of carbonyl (C=O) groups is 2. The molecule has 0 unspecified atom stereocenters. The average molecular weight is 289 g/mol. The van der Waals surface area contributed by atoms with Crippen LogP contribution in [-0.4, -0.2) is 25.2 Å². The summed E-state index contributed by atoms with van der Waals surface area (Å²) in [6.45, 7) is 0.206. The third-order valence-electron chi connectivity index (χ3n) is 3.45. The van der Waals surface area contributed by atoms with Gasteiger partial charge in [0.05, 0.1) is 13.0 Å². The second-order valence-corrected chi connectivity index (χ2v) is 4.89. The Hall–Kier alpha value is -2.30. The van der Waals surface area contributed by atoms with Gasteiger partial charge in [-0.3, -0.25) is 4.79 Å². The summed E-state index contributed by atoms with van der Waals surface area (Å²) in [6.07, 6.45) is 4.51. The monoisotopic (exact) mass is 289 g/mol. The van der Waals surface area contributed by atoms with Gasteiger partial charge in [-0.25, -0.2) is 4.79 Å². The van der Waals surface area contributed by atoms with E-state index in [0.29, 0.717) is 12.8 Å². The number of benzene rings is 1. The minimum Gasteiger partial charge on any atom is -0.469 e. The zero-order valence-electron chi connectivity index (χ0n) is 12.0. The highest BCUT2D eigenvalue weighted by atomic mass is 16.5. The topological polar surface area (TPSA) is 64.6 Å². The minimum atomic E-state index is -0.520. The van der Waals surface area contributed by atoms with Crippen molar-refractivity contribution in [3.05, 3.63) is 48.0 Å². The van der Waals surface area contributed by atoms with Crippen LogP contribution in [0.1, 0.15) is 18.4 Å². The van der Waals surface area contributed by atoms with Gasteiger partial charge in [0.25, 0.3) is 0 Å². The van der Waals surface area contributed by atoms with Crippen LogP contribution < -0.4 is 5.32 Å². The molecule has 1 aromatic carbocycles. The quantitative estimate of drug-likeness (QED) is 0.683. The van der Waals surface area contributed by atoms with Crippen molar-refractivity contribution in [2.24, 2.45) is 5.92 Å². The van der Waals surface area contributed by atoms with Crippen LogP contribution in [0.5, 0.6) is 0 Å². The fourth-order valence-electron chi connectivity index (χ4n) is 2.30. The van der Waals surface area contributed by atoms with Gasteiger partial charge in [-0.15, -0.1) is 0 Å². The van der Waals surface area contributed by atoms with Gasteiger partial charge in [0.1, 0.15) is 6.61 Å². The molecule has 0 bridgehead atoms. The Bertz CT molecular complexity index is 512. The maximum Gasteiger partial charge on any atom is 0.407 e. The van der Waals surface area contributed by atoms with E-state index < -0.39 is 6.09 Å². The van der Waals surface area contributed by atoms with Gasteiger partial charge in [-0.2, -0.15) is 0 Å². The molecular formula is C16H19NO4. The van der Waals surface area contributed by atoms with Crippen LogP contribution in [0, 0.1) is 5.92 Å². The second kappa shape index (κ2) is 7.47. The van der Waals surface area contributed by atoms with Crippen LogP contribution in [-0.2, 0) is 20.9 Å². The van der Waals surface area contributed by atoms with Crippen molar-refractivity contribution in [2.75, 3.05) is 7.11 Å². The average Bonchev–Trinajstić information content (AvgIpc) is 2.54. The van der Waals surface area contributed by atoms with E-state index in [4.69, 9.17) is 9.47 Å². The second-order valence-electron chi connectivity index (χ2n) is 4.89. The van der Waals surface area contributed by atoms with Gasteiger partial charge in [0.15, 0.2) is 0 Å².